The van der Waals surface area contributed by atoms with Crippen molar-refractivity contribution in [3.8, 4) is 0 Å². The number of carbonyl (C=O) groups excluding carboxylic acids is 1. The summed E-state index contributed by atoms with van der Waals surface area (Å²) in [6, 6.07) is 8.11. The number of rotatable bonds is 6. The van der Waals surface area contributed by atoms with E-state index in [0.29, 0.717) is 24.1 Å². The topological polar surface area (TPSA) is 38.3 Å². The molecule has 0 unspecified atom stereocenters. The van der Waals surface area contributed by atoms with E-state index in [-0.39, 0.29) is 12.0 Å². The van der Waals surface area contributed by atoms with Crippen LogP contribution in [0.15, 0.2) is 24.3 Å². The number of hydrogen-bond donors (Lipinski definition) is 1. The van der Waals surface area contributed by atoms with E-state index in [1.54, 1.807) is 0 Å². The minimum Gasteiger partial charge on any atom is -0.466 e. The van der Waals surface area contributed by atoms with Gasteiger partial charge in [-0.25, -0.2) is 0 Å². The Labute approximate surface area is 112 Å². The van der Waals surface area contributed by atoms with E-state index < -0.39 is 0 Å². The fourth-order valence-corrected chi connectivity index (χ4v) is 2.20. The summed E-state index contributed by atoms with van der Waals surface area (Å²) in [6.45, 7) is 2.23. The number of benzene rings is 1. The van der Waals surface area contributed by atoms with Crippen molar-refractivity contribution >= 4 is 17.6 Å². The SMILES string of the molecule is CCOC(=O)C[C@H](NC1CC1)c1ccccc1Cl. The zero-order valence-corrected chi connectivity index (χ0v) is 11.2. The van der Waals surface area contributed by atoms with Gasteiger partial charge in [-0.3, -0.25) is 4.79 Å². The summed E-state index contributed by atoms with van der Waals surface area (Å²) in [4.78, 5) is 11.6. The van der Waals surface area contributed by atoms with Gasteiger partial charge in [-0.15, -0.1) is 0 Å². The van der Waals surface area contributed by atoms with Gasteiger partial charge in [0.05, 0.1) is 13.0 Å². The van der Waals surface area contributed by atoms with Gasteiger partial charge in [-0.2, -0.15) is 0 Å². The summed E-state index contributed by atoms with van der Waals surface area (Å²) >= 11 is 6.19. The zero-order chi connectivity index (χ0) is 13.0. The van der Waals surface area contributed by atoms with Crippen molar-refractivity contribution < 1.29 is 9.53 Å². The lowest BCUT2D eigenvalue weighted by molar-refractivity contribution is -0.143. The van der Waals surface area contributed by atoms with Crippen LogP contribution in [0.1, 0.15) is 37.8 Å². The van der Waals surface area contributed by atoms with Gasteiger partial charge in [0, 0.05) is 17.1 Å². The fourth-order valence-electron chi connectivity index (χ4n) is 1.94. The molecule has 0 heterocycles. The highest BCUT2D eigenvalue weighted by molar-refractivity contribution is 6.31. The van der Waals surface area contributed by atoms with Crippen LogP contribution in [-0.2, 0) is 9.53 Å². The first kappa shape index (κ1) is 13.4. The van der Waals surface area contributed by atoms with Gasteiger partial charge in [0.2, 0.25) is 0 Å². The molecule has 0 saturated heterocycles. The minimum atomic E-state index is -0.185. The van der Waals surface area contributed by atoms with Crippen LogP contribution in [0.2, 0.25) is 5.02 Å². The van der Waals surface area contributed by atoms with Gasteiger partial charge in [0.1, 0.15) is 0 Å². The molecule has 1 fully saturated rings. The molecule has 3 nitrogen and oxygen atoms in total. The van der Waals surface area contributed by atoms with Gasteiger partial charge in [0.15, 0.2) is 0 Å². The lowest BCUT2D eigenvalue weighted by Gasteiger charge is -2.19. The molecule has 0 aliphatic heterocycles. The van der Waals surface area contributed by atoms with Gasteiger partial charge < -0.3 is 10.1 Å². The maximum Gasteiger partial charge on any atom is 0.307 e. The Morgan fingerprint density at radius 2 is 2.22 bits per heavy atom. The van der Waals surface area contributed by atoms with Crippen molar-refractivity contribution in [3.05, 3.63) is 34.9 Å². The molecule has 98 valence electrons. The van der Waals surface area contributed by atoms with E-state index in [2.05, 4.69) is 5.32 Å². The van der Waals surface area contributed by atoms with E-state index in [1.165, 1.54) is 12.8 Å². The Balaban J connectivity index is 2.08. The molecule has 1 aliphatic carbocycles. The summed E-state index contributed by atoms with van der Waals surface area (Å²) in [6.07, 6.45) is 2.67. The summed E-state index contributed by atoms with van der Waals surface area (Å²) in [5.74, 6) is -0.185. The molecule has 1 N–H and O–H groups in total. The molecule has 0 amide bonds. The summed E-state index contributed by atoms with van der Waals surface area (Å²) in [7, 11) is 0. The molecule has 0 spiro atoms. The number of halogens is 1. The highest BCUT2D eigenvalue weighted by atomic mass is 35.5. The molecule has 4 heteroatoms. The molecule has 1 aromatic carbocycles. The lowest BCUT2D eigenvalue weighted by atomic mass is 10.0. The first-order valence-corrected chi connectivity index (χ1v) is 6.74. The Bertz CT molecular complexity index is 418. The van der Waals surface area contributed by atoms with E-state index in [9.17, 15) is 4.79 Å². The van der Waals surface area contributed by atoms with Crippen molar-refractivity contribution in [2.45, 2.75) is 38.3 Å². The number of ether oxygens (including phenoxy) is 1. The van der Waals surface area contributed by atoms with Gasteiger partial charge in [0.25, 0.3) is 0 Å². The normalized spacial score (nSPS) is 16.3. The van der Waals surface area contributed by atoms with Crippen molar-refractivity contribution in [2.75, 3.05) is 6.61 Å². The molecule has 1 aliphatic rings. The minimum absolute atomic E-state index is 0.0507. The number of hydrogen-bond acceptors (Lipinski definition) is 3. The van der Waals surface area contributed by atoms with Crippen LogP contribution in [0.3, 0.4) is 0 Å². The monoisotopic (exact) mass is 267 g/mol. The lowest BCUT2D eigenvalue weighted by Crippen LogP contribution is -2.26. The number of carbonyl (C=O) groups is 1. The van der Waals surface area contributed by atoms with E-state index >= 15 is 0 Å². The standard InChI is InChI=1S/C14H18ClNO2/c1-2-18-14(17)9-13(16-10-7-8-10)11-5-3-4-6-12(11)15/h3-6,10,13,16H,2,7-9H2,1H3/t13-/m0/s1. The predicted molar refractivity (Wildman–Crippen MR) is 71.6 cm³/mol. The van der Waals surface area contributed by atoms with Crippen LogP contribution in [0.25, 0.3) is 0 Å². The highest BCUT2D eigenvalue weighted by Gasteiger charge is 2.27. The van der Waals surface area contributed by atoms with Crippen molar-refractivity contribution in [1.82, 2.24) is 5.32 Å². The summed E-state index contributed by atoms with van der Waals surface area (Å²) in [5.41, 5.74) is 0.971. The summed E-state index contributed by atoms with van der Waals surface area (Å²) in [5, 5.41) is 4.15. The fraction of sp³-hybridized carbons (Fsp3) is 0.500. The molecule has 1 saturated carbocycles. The van der Waals surface area contributed by atoms with Crippen molar-refractivity contribution in [3.63, 3.8) is 0 Å². The average molecular weight is 268 g/mol. The third kappa shape index (κ3) is 3.72. The van der Waals surface area contributed by atoms with E-state index in [1.807, 2.05) is 31.2 Å². The maximum absolute atomic E-state index is 11.6. The first-order valence-electron chi connectivity index (χ1n) is 6.36. The Kier molecular flexibility index (Phi) is 4.61. The Morgan fingerprint density at radius 3 is 2.83 bits per heavy atom. The van der Waals surface area contributed by atoms with Crippen molar-refractivity contribution in [2.24, 2.45) is 0 Å². The number of esters is 1. The first-order chi connectivity index (χ1) is 8.70. The second-order valence-corrected chi connectivity index (χ2v) is 4.93. The molecule has 2 rings (SSSR count). The van der Waals surface area contributed by atoms with Gasteiger partial charge in [-0.05, 0) is 31.4 Å². The van der Waals surface area contributed by atoms with Crippen LogP contribution in [0.5, 0.6) is 0 Å². The van der Waals surface area contributed by atoms with E-state index in [0.717, 1.165) is 5.56 Å². The average Bonchev–Trinajstić information content (AvgIpc) is 3.13. The van der Waals surface area contributed by atoms with Gasteiger partial charge >= 0.3 is 5.97 Å². The molecule has 0 bridgehead atoms. The molecule has 0 aromatic heterocycles. The molecule has 1 atom stereocenters. The third-order valence-electron chi connectivity index (χ3n) is 2.97. The zero-order valence-electron chi connectivity index (χ0n) is 10.5. The smallest absolute Gasteiger partial charge is 0.307 e. The number of nitrogens with one attached hydrogen (secondary N) is 1. The molecular formula is C14H18ClNO2. The van der Waals surface area contributed by atoms with Crippen LogP contribution in [-0.4, -0.2) is 18.6 Å². The van der Waals surface area contributed by atoms with Crippen LogP contribution < -0.4 is 5.32 Å². The predicted octanol–water partition coefficient (Wildman–Crippen LogP) is 3.09. The Hall–Kier alpha value is -1.06. The van der Waals surface area contributed by atoms with Crippen LogP contribution >= 0.6 is 11.6 Å². The molecular weight excluding hydrogens is 250 g/mol. The molecule has 0 radical (unpaired) electrons. The third-order valence-corrected chi connectivity index (χ3v) is 3.32. The van der Waals surface area contributed by atoms with Crippen molar-refractivity contribution in [1.29, 1.82) is 0 Å². The van der Waals surface area contributed by atoms with Gasteiger partial charge in [-0.1, -0.05) is 29.8 Å². The largest absolute Gasteiger partial charge is 0.466 e. The van der Waals surface area contributed by atoms with E-state index in [4.69, 9.17) is 16.3 Å². The Morgan fingerprint density at radius 1 is 1.50 bits per heavy atom. The van der Waals surface area contributed by atoms with Crippen LogP contribution in [0.4, 0.5) is 0 Å². The maximum atomic E-state index is 11.6. The highest BCUT2D eigenvalue weighted by Crippen LogP contribution is 2.30. The summed E-state index contributed by atoms with van der Waals surface area (Å²) < 4.78 is 5.01. The quantitative estimate of drug-likeness (QED) is 0.805. The molecule has 1 aromatic rings. The second kappa shape index (κ2) is 6.21. The molecule has 18 heavy (non-hydrogen) atoms. The van der Waals surface area contributed by atoms with Crippen LogP contribution in [0, 0.1) is 0 Å². The second-order valence-electron chi connectivity index (χ2n) is 4.52.